The molecule has 2 heterocycles. The van der Waals surface area contributed by atoms with E-state index in [9.17, 15) is 14.4 Å². The Morgan fingerprint density at radius 1 is 1.15 bits per heavy atom. The van der Waals surface area contributed by atoms with E-state index in [1.165, 1.54) is 37.7 Å². The van der Waals surface area contributed by atoms with Crippen LogP contribution in [0, 0.1) is 5.92 Å². The number of benzene rings is 1. The van der Waals surface area contributed by atoms with Gasteiger partial charge in [0, 0.05) is 30.6 Å². The van der Waals surface area contributed by atoms with E-state index in [0.717, 1.165) is 18.0 Å². The van der Waals surface area contributed by atoms with Gasteiger partial charge in [0.1, 0.15) is 6.04 Å². The average molecular weight is 367 g/mol. The van der Waals surface area contributed by atoms with Gasteiger partial charge in [0.25, 0.3) is 5.91 Å². The number of carbonyl (C=O) groups excluding carboxylic acids is 3. The molecule has 2 aliphatic heterocycles. The highest BCUT2D eigenvalue weighted by Gasteiger charge is 2.44. The number of imide groups is 1. The first-order valence-corrected chi connectivity index (χ1v) is 10.0. The molecule has 0 aromatic heterocycles. The van der Waals surface area contributed by atoms with E-state index >= 15 is 0 Å². The van der Waals surface area contributed by atoms with Crippen molar-refractivity contribution < 1.29 is 14.4 Å². The predicted molar refractivity (Wildman–Crippen MR) is 98.6 cm³/mol. The summed E-state index contributed by atoms with van der Waals surface area (Å²) in [6, 6.07) is 5.47. The number of fused-ring (bicyclic) bond motifs is 3. The number of carbonyl (C=O) groups is 3. The molecular weight excluding hydrogens is 342 g/mol. The van der Waals surface area contributed by atoms with Crippen LogP contribution in [0.5, 0.6) is 0 Å². The van der Waals surface area contributed by atoms with Crippen molar-refractivity contribution in [3.05, 3.63) is 34.9 Å². The van der Waals surface area contributed by atoms with Crippen LogP contribution in [0.15, 0.2) is 18.2 Å². The summed E-state index contributed by atoms with van der Waals surface area (Å²) < 4.78 is 0. The first kappa shape index (κ1) is 16.9. The minimum Gasteiger partial charge on any atom is -0.322 e. The summed E-state index contributed by atoms with van der Waals surface area (Å²) in [5.74, 6) is 0.198. The van der Waals surface area contributed by atoms with E-state index in [2.05, 4.69) is 16.7 Å². The summed E-state index contributed by atoms with van der Waals surface area (Å²) in [7, 11) is 0. The molecule has 3 amide bonds. The Hall–Kier alpha value is -2.21. The number of hydrogen-bond acceptors (Lipinski definition) is 4. The van der Waals surface area contributed by atoms with Crippen LogP contribution in [0.3, 0.4) is 0 Å². The monoisotopic (exact) mass is 367 g/mol. The maximum Gasteiger partial charge on any atom is 0.255 e. The van der Waals surface area contributed by atoms with E-state index in [1.807, 2.05) is 12.1 Å². The van der Waals surface area contributed by atoms with Crippen LogP contribution < -0.4 is 10.6 Å². The number of rotatable bonds is 4. The average Bonchev–Trinajstić information content (AvgIpc) is 3.34. The maximum absolute atomic E-state index is 12.7. The quantitative estimate of drug-likeness (QED) is 0.797. The third-order valence-electron chi connectivity index (χ3n) is 7.00. The first-order valence-electron chi connectivity index (χ1n) is 10.0. The molecule has 1 atom stereocenters. The van der Waals surface area contributed by atoms with Gasteiger partial charge in [-0.15, -0.1) is 0 Å². The summed E-state index contributed by atoms with van der Waals surface area (Å²) in [6.07, 6.45) is 7.27. The van der Waals surface area contributed by atoms with Gasteiger partial charge in [-0.3, -0.25) is 19.7 Å². The second-order valence-corrected chi connectivity index (χ2v) is 8.67. The van der Waals surface area contributed by atoms with E-state index in [1.54, 1.807) is 4.90 Å². The second kappa shape index (κ2) is 6.16. The molecule has 2 saturated carbocycles. The topological polar surface area (TPSA) is 78.5 Å². The van der Waals surface area contributed by atoms with Gasteiger partial charge in [-0.2, -0.15) is 0 Å². The Kier molecular flexibility index (Phi) is 3.86. The van der Waals surface area contributed by atoms with Crippen LogP contribution in [-0.2, 0) is 22.7 Å². The van der Waals surface area contributed by atoms with Crippen molar-refractivity contribution >= 4 is 17.7 Å². The summed E-state index contributed by atoms with van der Waals surface area (Å²) in [6.45, 7) is 1.27. The number of nitrogens with zero attached hydrogens (tertiary/aromatic N) is 1. The lowest BCUT2D eigenvalue weighted by atomic mass is 9.93. The minimum absolute atomic E-state index is 0.105. The van der Waals surface area contributed by atoms with Crippen LogP contribution in [0.2, 0.25) is 0 Å². The van der Waals surface area contributed by atoms with E-state index in [4.69, 9.17) is 0 Å². The molecular formula is C21H25N3O3. The summed E-state index contributed by atoms with van der Waals surface area (Å²) in [5.41, 5.74) is 3.19. The van der Waals surface area contributed by atoms with Gasteiger partial charge in [0.2, 0.25) is 11.8 Å². The fourth-order valence-corrected chi connectivity index (χ4v) is 5.47. The molecule has 1 aromatic carbocycles. The smallest absolute Gasteiger partial charge is 0.255 e. The van der Waals surface area contributed by atoms with Gasteiger partial charge < -0.3 is 10.2 Å². The molecule has 142 valence electrons. The summed E-state index contributed by atoms with van der Waals surface area (Å²) >= 11 is 0. The fraction of sp³-hybridized carbons (Fsp3) is 0.571. The molecule has 4 aliphatic rings. The highest BCUT2D eigenvalue weighted by Crippen LogP contribution is 2.47. The highest BCUT2D eigenvalue weighted by molar-refractivity contribution is 6.05. The first-order chi connectivity index (χ1) is 13.0. The summed E-state index contributed by atoms with van der Waals surface area (Å²) in [4.78, 5) is 37.9. The molecule has 0 radical (unpaired) electrons. The molecule has 27 heavy (non-hydrogen) atoms. The van der Waals surface area contributed by atoms with Crippen LogP contribution >= 0.6 is 0 Å². The van der Waals surface area contributed by atoms with E-state index in [0.29, 0.717) is 24.1 Å². The van der Waals surface area contributed by atoms with Crippen LogP contribution in [0.4, 0.5) is 0 Å². The SMILES string of the molecule is O=C1CCC(N2Cc3cc(CNC45CCC(CC4)C5)ccc3C2=O)C(=O)N1. The van der Waals surface area contributed by atoms with Gasteiger partial charge in [-0.05, 0) is 61.6 Å². The standard InChI is InChI=1S/C21H25N3O3/c25-18-4-3-17(19(26)23-18)24-12-15-9-14(1-2-16(15)20(24)27)11-22-21-7-5-13(10-21)6-8-21/h1-2,9,13,17,22H,3-8,10-12H2,(H,23,25,26). The zero-order valence-corrected chi connectivity index (χ0v) is 15.4. The number of piperidine rings is 1. The number of hydrogen-bond donors (Lipinski definition) is 2. The number of amides is 3. The minimum atomic E-state index is -0.544. The van der Waals surface area contributed by atoms with Crippen LogP contribution in [-0.4, -0.2) is 34.2 Å². The van der Waals surface area contributed by atoms with Gasteiger partial charge in [0.15, 0.2) is 0 Å². The highest BCUT2D eigenvalue weighted by atomic mass is 16.2. The second-order valence-electron chi connectivity index (χ2n) is 8.67. The Morgan fingerprint density at radius 3 is 2.67 bits per heavy atom. The Bertz CT molecular complexity index is 826. The van der Waals surface area contributed by atoms with Gasteiger partial charge in [-0.25, -0.2) is 0 Å². The van der Waals surface area contributed by atoms with Crippen molar-refractivity contribution in [1.29, 1.82) is 0 Å². The lowest BCUT2D eigenvalue weighted by Gasteiger charge is -2.29. The molecule has 1 saturated heterocycles. The van der Waals surface area contributed by atoms with Gasteiger partial charge in [0.05, 0.1) is 0 Å². The molecule has 3 fully saturated rings. The van der Waals surface area contributed by atoms with Gasteiger partial charge >= 0.3 is 0 Å². The van der Waals surface area contributed by atoms with Crippen molar-refractivity contribution in [2.45, 2.75) is 69.6 Å². The molecule has 6 heteroatoms. The maximum atomic E-state index is 12.7. The van der Waals surface area contributed by atoms with E-state index < -0.39 is 6.04 Å². The zero-order chi connectivity index (χ0) is 18.6. The normalized spacial score (nSPS) is 32.1. The predicted octanol–water partition coefficient (Wildman–Crippen LogP) is 1.87. The third kappa shape index (κ3) is 2.87. The lowest BCUT2D eigenvalue weighted by molar-refractivity contribution is -0.136. The van der Waals surface area contributed by atoms with Crippen molar-refractivity contribution in [3.8, 4) is 0 Å². The summed E-state index contributed by atoms with van der Waals surface area (Å²) in [5, 5.41) is 6.14. The molecule has 6 nitrogen and oxygen atoms in total. The van der Waals surface area contributed by atoms with Gasteiger partial charge in [-0.1, -0.05) is 12.1 Å². The molecule has 2 aliphatic carbocycles. The van der Waals surface area contributed by atoms with Crippen LogP contribution in [0.1, 0.15) is 66.4 Å². The van der Waals surface area contributed by atoms with Crippen LogP contribution in [0.25, 0.3) is 0 Å². The molecule has 2 N–H and O–H groups in total. The largest absolute Gasteiger partial charge is 0.322 e. The lowest BCUT2D eigenvalue weighted by Crippen LogP contribution is -2.52. The van der Waals surface area contributed by atoms with Crippen molar-refractivity contribution in [2.75, 3.05) is 0 Å². The number of nitrogens with one attached hydrogen (secondary N) is 2. The van der Waals surface area contributed by atoms with Crippen molar-refractivity contribution in [2.24, 2.45) is 5.92 Å². The Labute approximate surface area is 158 Å². The molecule has 2 bridgehead atoms. The van der Waals surface area contributed by atoms with Crippen molar-refractivity contribution in [1.82, 2.24) is 15.5 Å². The fourth-order valence-electron chi connectivity index (χ4n) is 5.47. The zero-order valence-electron chi connectivity index (χ0n) is 15.4. The molecule has 1 aromatic rings. The third-order valence-corrected chi connectivity index (χ3v) is 7.00. The Morgan fingerprint density at radius 2 is 1.96 bits per heavy atom. The van der Waals surface area contributed by atoms with E-state index in [-0.39, 0.29) is 24.1 Å². The molecule has 1 unspecified atom stereocenters. The Balaban J connectivity index is 1.29. The molecule has 5 rings (SSSR count). The van der Waals surface area contributed by atoms with Crippen molar-refractivity contribution in [3.63, 3.8) is 0 Å². The molecule has 0 spiro atoms.